The number of imidazole rings is 2. The van der Waals surface area contributed by atoms with Crippen molar-refractivity contribution in [2.75, 3.05) is 38.9 Å². The molecule has 7 aromatic rings. The third kappa shape index (κ3) is 8.32. The van der Waals surface area contributed by atoms with E-state index in [0.29, 0.717) is 0 Å². The van der Waals surface area contributed by atoms with Crippen molar-refractivity contribution >= 4 is 41.7 Å². The van der Waals surface area contributed by atoms with Gasteiger partial charge in [-0.1, -0.05) is 144 Å². The standard InChI is InChI=1S/C53H62N8O2Si/c1-7-58(8-2)48(37-18-13-11-14-19-37)52(62)60-31-17-22-45(60)44-33-54-50(56-44)39-25-23-36(24-26-39)40-27-29-42-41(32-40)28-30-43-47(42)57-51(55-43)46-34-64(5,6)35-61(46)53(63)49(59(9-3)10-4)38-20-15-12-16-21-38/h11-16,18-21,23-30,32-33,45-46,48-49H,7-10,17,22,31,34-35H2,1-6H3,(H,54,56)(H,55,57)/t45-,46-,48-,49+/m0/s1. The SMILES string of the molecule is CCN(CC)[C@H](C(=O)N1CCC[C@H]1c1cnc(-c2ccc(-c3ccc4c(ccc5[nH]c([C@@H]6C[Si](C)(C)CN6C(=O)[C@@H](c6ccccc6)N(CC)CC)nc54)c3)cc2)[nH]1)c1ccccc1. The molecule has 2 fully saturated rings. The predicted molar refractivity (Wildman–Crippen MR) is 261 cm³/mol. The molecule has 4 heterocycles. The normalized spacial score (nSPS) is 18.4. The molecule has 5 aromatic carbocycles. The van der Waals surface area contributed by atoms with E-state index >= 15 is 0 Å². The van der Waals surface area contributed by atoms with Gasteiger partial charge in [-0.2, -0.15) is 0 Å². The smallest absolute Gasteiger partial charge is 0.245 e. The van der Waals surface area contributed by atoms with Gasteiger partial charge in [-0.25, -0.2) is 9.97 Å². The number of carbonyl (C=O) groups is 2. The molecule has 4 atom stereocenters. The quantitative estimate of drug-likeness (QED) is 0.106. The lowest BCUT2D eigenvalue weighted by molar-refractivity contribution is -0.139. The Balaban J connectivity index is 0.939. The Morgan fingerprint density at radius 1 is 0.703 bits per heavy atom. The van der Waals surface area contributed by atoms with Crippen molar-refractivity contribution in [1.29, 1.82) is 0 Å². The maximum absolute atomic E-state index is 14.7. The number of rotatable bonds is 14. The topological polar surface area (TPSA) is 104 Å². The van der Waals surface area contributed by atoms with E-state index in [4.69, 9.17) is 9.97 Å². The summed E-state index contributed by atoms with van der Waals surface area (Å²) in [6, 6.07) is 40.1. The summed E-state index contributed by atoms with van der Waals surface area (Å²) >= 11 is 0. The zero-order valence-electron chi connectivity index (χ0n) is 38.2. The highest BCUT2D eigenvalue weighted by molar-refractivity contribution is 6.78. The van der Waals surface area contributed by atoms with Crippen molar-refractivity contribution in [2.24, 2.45) is 0 Å². The maximum Gasteiger partial charge on any atom is 0.245 e. The van der Waals surface area contributed by atoms with Crippen LogP contribution in [0.3, 0.4) is 0 Å². The second kappa shape index (κ2) is 18.3. The van der Waals surface area contributed by atoms with Gasteiger partial charge < -0.3 is 19.8 Å². The lowest BCUT2D eigenvalue weighted by Gasteiger charge is -2.34. The molecule has 0 aliphatic carbocycles. The largest absolute Gasteiger partial charge is 0.340 e. The average Bonchev–Trinajstić information content (AvgIpc) is 4.16. The van der Waals surface area contributed by atoms with Gasteiger partial charge in [-0.05, 0) is 84.8 Å². The first-order chi connectivity index (χ1) is 31.1. The molecule has 2 aromatic heterocycles. The van der Waals surface area contributed by atoms with Crippen LogP contribution in [-0.4, -0.2) is 98.3 Å². The fourth-order valence-electron chi connectivity index (χ4n) is 10.5. The lowest BCUT2D eigenvalue weighted by Crippen LogP contribution is -2.44. The average molecular weight is 871 g/mol. The number of amides is 2. The highest BCUT2D eigenvalue weighted by Crippen LogP contribution is 2.41. The number of hydrogen-bond acceptors (Lipinski definition) is 6. The van der Waals surface area contributed by atoms with Crippen LogP contribution in [-0.2, 0) is 9.59 Å². The first kappa shape index (κ1) is 43.4. The van der Waals surface area contributed by atoms with Crippen molar-refractivity contribution in [1.82, 2.24) is 39.5 Å². The molecule has 0 radical (unpaired) electrons. The lowest BCUT2D eigenvalue weighted by atomic mass is 9.99. The van der Waals surface area contributed by atoms with Crippen LogP contribution in [0.15, 0.2) is 121 Å². The number of fused-ring (bicyclic) bond motifs is 3. The summed E-state index contributed by atoms with van der Waals surface area (Å²) in [6.07, 6.45) is 4.60. The molecule has 0 unspecified atom stereocenters. The first-order valence-electron chi connectivity index (χ1n) is 23.4. The number of aromatic nitrogens is 4. The summed E-state index contributed by atoms with van der Waals surface area (Å²) < 4.78 is 0. The third-order valence-electron chi connectivity index (χ3n) is 13.8. The number of carbonyl (C=O) groups excluding carboxylic acids is 2. The molecule has 2 aliphatic heterocycles. The Kier molecular flexibility index (Phi) is 12.4. The Labute approximate surface area is 378 Å². The van der Waals surface area contributed by atoms with Crippen molar-refractivity contribution in [3.05, 3.63) is 144 Å². The zero-order chi connectivity index (χ0) is 44.5. The van der Waals surface area contributed by atoms with Gasteiger partial charge in [0.1, 0.15) is 23.7 Å². The number of hydrogen-bond donors (Lipinski definition) is 2. The molecule has 64 heavy (non-hydrogen) atoms. The van der Waals surface area contributed by atoms with E-state index in [2.05, 4.69) is 149 Å². The van der Waals surface area contributed by atoms with Gasteiger partial charge in [0.15, 0.2) is 0 Å². The monoisotopic (exact) mass is 870 g/mol. The Bertz CT molecular complexity index is 2720. The minimum Gasteiger partial charge on any atom is -0.340 e. The molecule has 11 heteroatoms. The van der Waals surface area contributed by atoms with Crippen LogP contribution in [0.25, 0.3) is 44.3 Å². The van der Waals surface area contributed by atoms with Crippen LogP contribution in [0.2, 0.25) is 19.1 Å². The summed E-state index contributed by atoms with van der Waals surface area (Å²) in [6.45, 7) is 17.2. The molecule has 2 amide bonds. The van der Waals surface area contributed by atoms with E-state index in [-0.39, 0.29) is 36.0 Å². The maximum atomic E-state index is 14.7. The van der Waals surface area contributed by atoms with Crippen LogP contribution in [0.4, 0.5) is 0 Å². The van der Waals surface area contributed by atoms with E-state index in [1.807, 2.05) is 42.6 Å². The first-order valence-corrected chi connectivity index (χ1v) is 26.8. The van der Waals surface area contributed by atoms with E-state index in [1.54, 1.807) is 0 Å². The number of nitrogens with one attached hydrogen (secondary N) is 2. The Morgan fingerprint density at radius 3 is 1.92 bits per heavy atom. The van der Waals surface area contributed by atoms with Gasteiger partial charge in [0, 0.05) is 23.7 Å². The fraction of sp³-hybridized carbons (Fsp3) is 0.358. The molecule has 2 saturated heterocycles. The van der Waals surface area contributed by atoms with E-state index in [9.17, 15) is 9.59 Å². The van der Waals surface area contributed by atoms with E-state index in [1.165, 1.54) is 0 Å². The van der Waals surface area contributed by atoms with E-state index in [0.717, 1.165) is 125 Å². The minimum absolute atomic E-state index is 0.0395. The van der Waals surface area contributed by atoms with Gasteiger partial charge in [0.25, 0.3) is 0 Å². The van der Waals surface area contributed by atoms with Crippen LogP contribution in [0, 0.1) is 0 Å². The molecule has 10 nitrogen and oxygen atoms in total. The second-order valence-electron chi connectivity index (χ2n) is 18.4. The molecule has 330 valence electrons. The van der Waals surface area contributed by atoms with Crippen molar-refractivity contribution < 1.29 is 9.59 Å². The van der Waals surface area contributed by atoms with Crippen molar-refractivity contribution in [2.45, 2.75) is 83.8 Å². The van der Waals surface area contributed by atoms with Crippen molar-refractivity contribution in [3.8, 4) is 22.5 Å². The Morgan fingerprint density at radius 2 is 1.30 bits per heavy atom. The second-order valence-corrected chi connectivity index (χ2v) is 23.4. The van der Waals surface area contributed by atoms with Crippen LogP contribution in [0.5, 0.6) is 0 Å². The zero-order valence-corrected chi connectivity index (χ0v) is 39.2. The predicted octanol–water partition coefficient (Wildman–Crippen LogP) is 10.7. The molecule has 0 saturated carbocycles. The minimum atomic E-state index is -1.72. The third-order valence-corrected chi connectivity index (χ3v) is 16.5. The number of likely N-dealkylation sites (N-methyl/N-ethyl adjacent to an activating group) is 2. The summed E-state index contributed by atoms with van der Waals surface area (Å²) in [4.78, 5) is 55.2. The Hall–Kier alpha value is -5.88. The molecular formula is C53H62N8O2Si. The molecular weight excluding hydrogens is 809 g/mol. The van der Waals surface area contributed by atoms with Crippen LogP contribution < -0.4 is 0 Å². The highest BCUT2D eigenvalue weighted by atomic mass is 28.3. The number of nitrogens with zero attached hydrogens (tertiary/aromatic N) is 6. The van der Waals surface area contributed by atoms with Gasteiger partial charge in [0.2, 0.25) is 11.8 Å². The van der Waals surface area contributed by atoms with Crippen molar-refractivity contribution in [3.63, 3.8) is 0 Å². The highest BCUT2D eigenvalue weighted by Gasteiger charge is 2.46. The van der Waals surface area contributed by atoms with E-state index < -0.39 is 8.07 Å². The van der Waals surface area contributed by atoms with Gasteiger partial charge in [-0.3, -0.25) is 19.4 Å². The van der Waals surface area contributed by atoms with Gasteiger partial charge in [0.05, 0.1) is 43.1 Å². The fourth-order valence-corrected chi connectivity index (χ4v) is 13.4. The number of benzene rings is 5. The molecule has 2 aliphatic rings. The molecule has 9 rings (SSSR count). The summed E-state index contributed by atoms with van der Waals surface area (Å²) in [5.41, 5.74) is 8.23. The summed E-state index contributed by atoms with van der Waals surface area (Å²) in [5.74, 6) is 2.01. The summed E-state index contributed by atoms with van der Waals surface area (Å²) in [5, 5.41) is 2.21. The van der Waals surface area contributed by atoms with Gasteiger partial charge in [-0.15, -0.1) is 0 Å². The van der Waals surface area contributed by atoms with Gasteiger partial charge >= 0.3 is 0 Å². The number of likely N-dealkylation sites (tertiary alicyclic amines) is 1. The molecule has 0 bridgehead atoms. The van der Waals surface area contributed by atoms with Crippen LogP contribution >= 0.6 is 0 Å². The number of H-pyrrole nitrogens is 2. The number of aromatic amines is 2. The van der Waals surface area contributed by atoms with Crippen LogP contribution in [0.1, 0.15) is 87.3 Å². The molecule has 2 N–H and O–H groups in total. The summed E-state index contributed by atoms with van der Waals surface area (Å²) in [7, 11) is -1.72. The molecule has 0 spiro atoms.